The molecule has 0 aliphatic carbocycles. The molecule has 0 aromatic carbocycles. The highest BCUT2D eigenvalue weighted by molar-refractivity contribution is 7.16. The highest BCUT2D eigenvalue weighted by Crippen LogP contribution is 2.26. The molecule has 2 amide bonds. The number of rotatable bonds is 6. The van der Waals surface area contributed by atoms with E-state index in [0.717, 1.165) is 22.2 Å². The Bertz CT molecular complexity index is 540. The molecule has 1 atom stereocenters. The van der Waals surface area contributed by atoms with Crippen molar-refractivity contribution in [3.05, 3.63) is 39.8 Å². The van der Waals surface area contributed by atoms with E-state index in [1.54, 1.807) is 6.20 Å². The van der Waals surface area contributed by atoms with Gasteiger partial charge >= 0.3 is 6.03 Å². The molecule has 0 radical (unpaired) electrons. The van der Waals surface area contributed by atoms with Crippen LogP contribution in [0.25, 0.3) is 0 Å². The number of hydrogen-bond acceptors (Lipinski definition) is 3. The highest BCUT2D eigenvalue weighted by atomic mass is 35.5. The van der Waals surface area contributed by atoms with Crippen LogP contribution in [0.5, 0.6) is 0 Å². The van der Waals surface area contributed by atoms with Gasteiger partial charge in [0.05, 0.1) is 10.4 Å². The fourth-order valence-electron chi connectivity index (χ4n) is 1.76. The molecule has 5 nitrogen and oxygen atoms in total. The Kier molecular flexibility index (Phi) is 5.43. The van der Waals surface area contributed by atoms with Crippen LogP contribution in [0.4, 0.5) is 4.79 Å². The molecule has 2 aromatic heterocycles. The SMILES string of the molecule is C[C@H](NC(=O)NCCCn1cccn1)c1ccc(Cl)s1. The number of hydrogen-bond donors (Lipinski definition) is 2. The molecule has 2 N–H and O–H groups in total. The number of aryl methyl sites for hydroxylation is 1. The minimum absolute atomic E-state index is 0.0429. The third-order valence-corrected chi connectivity index (χ3v) is 4.19. The van der Waals surface area contributed by atoms with E-state index in [9.17, 15) is 4.79 Å². The minimum atomic E-state index is -0.164. The largest absolute Gasteiger partial charge is 0.338 e. The lowest BCUT2D eigenvalue weighted by Crippen LogP contribution is -2.37. The first-order valence-electron chi connectivity index (χ1n) is 6.42. The first-order chi connectivity index (χ1) is 9.65. The number of urea groups is 1. The lowest BCUT2D eigenvalue weighted by Gasteiger charge is -2.13. The van der Waals surface area contributed by atoms with Gasteiger partial charge in [-0.2, -0.15) is 5.10 Å². The predicted octanol–water partition coefficient (Wildman–Crippen LogP) is 3.05. The summed E-state index contributed by atoms with van der Waals surface area (Å²) in [5.74, 6) is 0. The van der Waals surface area contributed by atoms with Gasteiger partial charge in [0.2, 0.25) is 0 Å². The quantitative estimate of drug-likeness (QED) is 0.805. The second-order valence-corrected chi connectivity index (χ2v) is 6.13. The zero-order valence-electron chi connectivity index (χ0n) is 11.2. The number of nitrogens with zero attached hydrogens (tertiary/aromatic N) is 2. The summed E-state index contributed by atoms with van der Waals surface area (Å²) in [7, 11) is 0. The molecular formula is C13H17ClN4OS. The molecule has 20 heavy (non-hydrogen) atoms. The molecule has 0 saturated carbocycles. The monoisotopic (exact) mass is 312 g/mol. The van der Waals surface area contributed by atoms with E-state index in [0.29, 0.717) is 6.54 Å². The van der Waals surface area contributed by atoms with Crippen LogP contribution in [-0.2, 0) is 6.54 Å². The standard InChI is InChI=1S/C13H17ClN4OS/c1-10(11-4-5-12(14)20-11)17-13(19)15-6-2-8-18-9-3-7-16-18/h3-5,7,9-10H,2,6,8H2,1H3,(H2,15,17,19)/t10-/m0/s1. The molecule has 0 spiro atoms. The van der Waals surface area contributed by atoms with Crippen LogP contribution in [-0.4, -0.2) is 22.4 Å². The molecule has 7 heteroatoms. The number of halogens is 1. The lowest BCUT2D eigenvalue weighted by molar-refractivity contribution is 0.237. The second kappa shape index (κ2) is 7.31. The van der Waals surface area contributed by atoms with Gasteiger partial charge in [-0.15, -0.1) is 11.3 Å². The van der Waals surface area contributed by atoms with Gasteiger partial charge in [-0.1, -0.05) is 11.6 Å². The van der Waals surface area contributed by atoms with Gasteiger partial charge in [0.25, 0.3) is 0 Å². The molecule has 0 fully saturated rings. The van der Waals surface area contributed by atoms with Gasteiger partial charge in [0.15, 0.2) is 0 Å². The minimum Gasteiger partial charge on any atom is -0.338 e. The van der Waals surface area contributed by atoms with Crippen LogP contribution in [0.3, 0.4) is 0 Å². The molecule has 2 aromatic rings. The lowest BCUT2D eigenvalue weighted by atomic mass is 10.3. The Morgan fingerprint density at radius 2 is 2.40 bits per heavy atom. The molecule has 2 rings (SSSR count). The van der Waals surface area contributed by atoms with Crippen molar-refractivity contribution >= 4 is 29.0 Å². The number of amides is 2. The Labute approximate surface area is 126 Å². The van der Waals surface area contributed by atoms with Gasteiger partial charge in [-0.3, -0.25) is 4.68 Å². The van der Waals surface area contributed by atoms with Crippen molar-refractivity contribution in [3.8, 4) is 0 Å². The average Bonchev–Trinajstić information content (AvgIpc) is 3.06. The Balaban J connectivity index is 1.65. The molecule has 0 aliphatic rings. The van der Waals surface area contributed by atoms with Gasteiger partial charge in [-0.25, -0.2) is 4.79 Å². The van der Waals surface area contributed by atoms with E-state index in [2.05, 4.69) is 15.7 Å². The smallest absolute Gasteiger partial charge is 0.315 e. The maximum Gasteiger partial charge on any atom is 0.315 e. The van der Waals surface area contributed by atoms with E-state index in [1.807, 2.05) is 36.0 Å². The van der Waals surface area contributed by atoms with Crippen molar-refractivity contribution in [2.75, 3.05) is 6.54 Å². The molecular weight excluding hydrogens is 296 g/mol. The second-order valence-electron chi connectivity index (χ2n) is 4.39. The number of aromatic nitrogens is 2. The Morgan fingerprint density at radius 3 is 3.05 bits per heavy atom. The summed E-state index contributed by atoms with van der Waals surface area (Å²) in [6, 6.07) is 5.44. The first kappa shape index (κ1) is 14.9. The molecule has 0 saturated heterocycles. The van der Waals surface area contributed by atoms with Crippen molar-refractivity contribution in [3.63, 3.8) is 0 Å². The Hall–Kier alpha value is -1.53. The van der Waals surface area contributed by atoms with E-state index in [-0.39, 0.29) is 12.1 Å². The highest BCUT2D eigenvalue weighted by Gasteiger charge is 2.10. The maximum atomic E-state index is 11.7. The maximum absolute atomic E-state index is 11.7. The molecule has 0 unspecified atom stereocenters. The zero-order chi connectivity index (χ0) is 14.4. The van der Waals surface area contributed by atoms with E-state index >= 15 is 0 Å². The summed E-state index contributed by atoms with van der Waals surface area (Å²) in [4.78, 5) is 12.8. The number of thiophene rings is 1. The Morgan fingerprint density at radius 1 is 1.55 bits per heavy atom. The van der Waals surface area contributed by atoms with Crippen LogP contribution in [0, 0.1) is 0 Å². The van der Waals surface area contributed by atoms with Crippen LogP contribution < -0.4 is 10.6 Å². The average molecular weight is 313 g/mol. The van der Waals surface area contributed by atoms with Gasteiger partial charge in [0.1, 0.15) is 0 Å². The summed E-state index contributed by atoms with van der Waals surface area (Å²) in [6.07, 6.45) is 4.49. The number of carbonyl (C=O) groups is 1. The number of carbonyl (C=O) groups excluding carboxylic acids is 1. The zero-order valence-corrected chi connectivity index (χ0v) is 12.7. The molecule has 0 bridgehead atoms. The van der Waals surface area contributed by atoms with Crippen LogP contribution in [0.2, 0.25) is 4.34 Å². The third-order valence-electron chi connectivity index (χ3n) is 2.78. The molecule has 2 heterocycles. The van der Waals surface area contributed by atoms with E-state index in [4.69, 9.17) is 11.6 Å². The van der Waals surface area contributed by atoms with Crippen molar-refractivity contribution in [2.45, 2.75) is 25.9 Å². The summed E-state index contributed by atoms with van der Waals surface area (Å²) >= 11 is 7.35. The van der Waals surface area contributed by atoms with Crippen molar-refractivity contribution in [1.82, 2.24) is 20.4 Å². The van der Waals surface area contributed by atoms with Gasteiger partial charge in [-0.05, 0) is 31.5 Å². The van der Waals surface area contributed by atoms with E-state index < -0.39 is 0 Å². The third kappa shape index (κ3) is 4.54. The van der Waals surface area contributed by atoms with Crippen LogP contribution >= 0.6 is 22.9 Å². The predicted molar refractivity (Wildman–Crippen MR) is 81.1 cm³/mol. The van der Waals surface area contributed by atoms with Crippen molar-refractivity contribution < 1.29 is 4.79 Å². The van der Waals surface area contributed by atoms with Crippen LogP contribution in [0.15, 0.2) is 30.6 Å². The number of nitrogens with one attached hydrogen (secondary N) is 2. The van der Waals surface area contributed by atoms with Gasteiger partial charge in [0, 0.05) is 30.4 Å². The topological polar surface area (TPSA) is 59.0 Å². The first-order valence-corrected chi connectivity index (χ1v) is 7.61. The summed E-state index contributed by atoms with van der Waals surface area (Å²) in [6.45, 7) is 3.35. The molecule has 0 aliphatic heterocycles. The summed E-state index contributed by atoms with van der Waals surface area (Å²) in [5.41, 5.74) is 0. The van der Waals surface area contributed by atoms with Crippen molar-refractivity contribution in [1.29, 1.82) is 0 Å². The van der Waals surface area contributed by atoms with Gasteiger partial charge < -0.3 is 10.6 Å². The van der Waals surface area contributed by atoms with E-state index in [1.165, 1.54) is 11.3 Å². The summed E-state index contributed by atoms with van der Waals surface area (Å²) < 4.78 is 2.57. The molecule has 108 valence electrons. The summed E-state index contributed by atoms with van der Waals surface area (Å²) in [5, 5.41) is 9.82. The van der Waals surface area contributed by atoms with Crippen LogP contribution in [0.1, 0.15) is 24.3 Å². The fraction of sp³-hybridized carbons (Fsp3) is 0.385. The van der Waals surface area contributed by atoms with Crippen molar-refractivity contribution in [2.24, 2.45) is 0 Å². The fourth-order valence-corrected chi connectivity index (χ4v) is 2.82. The normalized spacial score (nSPS) is 12.1.